The third-order valence-corrected chi connectivity index (χ3v) is 8.38. The molecule has 2 heterocycles. The predicted molar refractivity (Wildman–Crippen MR) is 171 cm³/mol. The second-order valence-electron chi connectivity index (χ2n) is 12.2. The lowest BCUT2D eigenvalue weighted by Crippen LogP contribution is -3.00. The minimum absolute atomic E-state index is 0. The Morgan fingerprint density at radius 3 is 2.09 bits per heavy atom. The van der Waals surface area contributed by atoms with Crippen molar-refractivity contribution >= 4 is 18.0 Å². The largest absolute Gasteiger partial charge is 1.00 e. The van der Waals surface area contributed by atoms with Crippen molar-refractivity contribution in [2.45, 2.75) is 149 Å². The Kier molecular flexibility index (Phi) is 24.1. The number of nitrogens with zero attached hydrogens (tertiary/aromatic N) is 2. The number of carbonyl (C=O) groups excluding carboxylic acids is 3. The molecule has 1 aliphatic rings. The summed E-state index contributed by atoms with van der Waals surface area (Å²) in [5.41, 5.74) is 3.65. The molecule has 1 aromatic rings. The molecule has 2 amide bonds. The second kappa shape index (κ2) is 26.3. The van der Waals surface area contributed by atoms with E-state index in [4.69, 9.17) is 14.3 Å². The van der Waals surface area contributed by atoms with Gasteiger partial charge in [0, 0.05) is 25.6 Å². The number of ether oxygens (including phenoxy) is 2. The molecular weight excluding hydrogens is 685 g/mol. The fourth-order valence-corrected chi connectivity index (χ4v) is 5.69. The Morgan fingerprint density at radius 1 is 0.911 bits per heavy atom. The van der Waals surface area contributed by atoms with E-state index in [1.54, 1.807) is 0 Å². The second-order valence-corrected chi connectivity index (χ2v) is 12.2. The van der Waals surface area contributed by atoms with Crippen LogP contribution in [0.25, 0.3) is 0 Å². The van der Waals surface area contributed by atoms with Gasteiger partial charge in [0.05, 0.1) is 19.1 Å². The highest BCUT2D eigenvalue weighted by molar-refractivity contribution is 5.90. The fraction of sp³-hybridized carbons (Fsp3) is 0.771. The summed E-state index contributed by atoms with van der Waals surface area (Å²) >= 11 is 0. The number of hydroxylamine groups is 1. The number of carbonyl (C=O) groups is 3. The molecule has 258 valence electrons. The van der Waals surface area contributed by atoms with Crippen molar-refractivity contribution in [3.05, 3.63) is 30.1 Å². The number of amides is 2. The van der Waals surface area contributed by atoms with Crippen LogP contribution < -0.4 is 34.0 Å². The zero-order valence-corrected chi connectivity index (χ0v) is 30.4. The first kappa shape index (κ1) is 41.2. The maximum absolute atomic E-state index is 12.7. The van der Waals surface area contributed by atoms with Crippen LogP contribution in [0.15, 0.2) is 24.4 Å². The van der Waals surface area contributed by atoms with Gasteiger partial charge in [0.15, 0.2) is 6.20 Å². The maximum Gasteiger partial charge on any atom is 0.417 e. The van der Waals surface area contributed by atoms with Gasteiger partial charge in [0.1, 0.15) is 19.7 Å². The zero-order valence-electron chi connectivity index (χ0n) is 28.2. The molecule has 0 saturated carbocycles. The fourth-order valence-electron chi connectivity index (χ4n) is 5.69. The molecule has 1 fully saturated rings. The summed E-state index contributed by atoms with van der Waals surface area (Å²) in [6.45, 7) is 7.59. The average Bonchev–Trinajstić information content (AvgIpc) is 3.47. The molecule has 9 nitrogen and oxygen atoms in total. The van der Waals surface area contributed by atoms with Crippen molar-refractivity contribution in [1.82, 2.24) is 10.4 Å². The van der Waals surface area contributed by atoms with E-state index in [0.29, 0.717) is 19.6 Å². The van der Waals surface area contributed by atoms with Crippen LogP contribution in [0.1, 0.15) is 136 Å². The van der Waals surface area contributed by atoms with E-state index in [0.717, 1.165) is 30.0 Å². The van der Waals surface area contributed by atoms with Gasteiger partial charge in [-0.2, -0.15) is 5.48 Å². The van der Waals surface area contributed by atoms with Crippen LogP contribution in [0.5, 0.6) is 0 Å². The van der Waals surface area contributed by atoms with Gasteiger partial charge < -0.3 is 38.3 Å². The summed E-state index contributed by atoms with van der Waals surface area (Å²) in [6, 6.07) is 5.66. The lowest BCUT2D eigenvalue weighted by molar-refractivity contribution is -0.701. The molecule has 1 saturated heterocycles. The van der Waals surface area contributed by atoms with E-state index < -0.39 is 6.09 Å². The minimum Gasteiger partial charge on any atom is -1.00 e. The minimum atomic E-state index is -0.696. The molecule has 2 atom stereocenters. The Bertz CT molecular complexity index is 950. The van der Waals surface area contributed by atoms with E-state index in [1.165, 1.54) is 90.4 Å². The summed E-state index contributed by atoms with van der Waals surface area (Å²) in [7, 11) is 0. The smallest absolute Gasteiger partial charge is 0.417 e. The van der Waals surface area contributed by atoms with Crippen LogP contribution in [0, 0.1) is 5.92 Å². The van der Waals surface area contributed by atoms with Crippen molar-refractivity contribution in [2.24, 2.45) is 5.92 Å². The number of aryl methyl sites for hydroxylation is 1. The molecule has 0 bridgehead atoms. The summed E-state index contributed by atoms with van der Waals surface area (Å²) in [5.74, 6) is -0.672. The SMILES string of the molecule is CCCCCCCCCCCCCCCCCNOC(=O)CC1COC(COC(=O)N(Cc2cccc[n+]2CC)C(C)=O)C1.[I-]. The maximum atomic E-state index is 12.7. The van der Waals surface area contributed by atoms with Gasteiger partial charge in [-0.25, -0.2) is 14.3 Å². The first-order chi connectivity index (χ1) is 21.4. The van der Waals surface area contributed by atoms with Crippen LogP contribution >= 0.6 is 0 Å². The molecule has 0 spiro atoms. The van der Waals surface area contributed by atoms with Gasteiger partial charge in [0.25, 0.3) is 0 Å². The highest BCUT2D eigenvalue weighted by Crippen LogP contribution is 2.23. The van der Waals surface area contributed by atoms with Crippen molar-refractivity contribution in [3.8, 4) is 0 Å². The molecule has 2 rings (SSSR count). The van der Waals surface area contributed by atoms with E-state index in [9.17, 15) is 14.4 Å². The molecular formula is C35H60IN3O6. The normalized spacial score (nSPS) is 15.8. The third-order valence-electron chi connectivity index (χ3n) is 8.38. The lowest BCUT2D eigenvalue weighted by Gasteiger charge is -2.19. The van der Waals surface area contributed by atoms with Crippen LogP contribution in [-0.2, 0) is 37.0 Å². The standard InChI is InChI=1S/C35H60N3O6.HI/c1-4-6-7-8-9-10-11-12-13-14-15-16-17-18-20-23-36-44-34(40)26-31-25-33(42-28-31)29-43-35(41)38(30(3)39)27-32-22-19-21-24-37(32)5-2;/h19,21-22,24,31,33,36H,4-18,20,23,25-29H2,1-3H3;1H/q+1;/p-1. The number of unbranched alkanes of at least 4 members (excludes halogenated alkanes) is 14. The Balaban J connectivity index is 0.0000101. The first-order valence-electron chi connectivity index (χ1n) is 17.4. The average molecular weight is 746 g/mol. The first-order valence-corrected chi connectivity index (χ1v) is 17.4. The number of imide groups is 1. The Morgan fingerprint density at radius 2 is 1.51 bits per heavy atom. The van der Waals surface area contributed by atoms with Gasteiger partial charge in [0.2, 0.25) is 11.6 Å². The number of hydrogen-bond acceptors (Lipinski definition) is 7. The molecule has 0 radical (unpaired) electrons. The molecule has 45 heavy (non-hydrogen) atoms. The van der Waals surface area contributed by atoms with E-state index in [1.807, 2.05) is 35.9 Å². The Hall–Kier alpha value is -1.79. The molecule has 0 aromatic carbocycles. The topological polar surface area (TPSA) is 98.1 Å². The summed E-state index contributed by atoms with van der Waals surface area (Å²) in [6.07, 6.45) is 21.6. The van der Waals surface area contributed by atoms with E-state index in [-0.39, 0.29) is 67.4 Å². The molecule has 1 N–H and O–H groups in total. The van der Waals surface area contributed by atoms with Crippen LogP contribution in [0.2, 0.25) is 0 Å². The predicted octanol–water partition coefficient (Wildman–Crippen LogP) is 4.20. The van der Waals surface area contributed by atoms with Crippen LogP contribution in [0.3, 0.4) is 0 Å². The Labute approximate surface area is 289 Å². The monoisotopic (exact) mass is 745 g/mol. The summed E-state index contributed by atoms with van der Waals surface area (Å²) in [5, 5.41) is 0. The number of nitrogens with one attached hydrogen (secondary N) is 1. The van der Waals surface area contributed by atoms with Crippen molar-refractivity contribution in [2.75, 3.05) is 19.8 Å². The molecule has 1 aliphatic heterocycles. The van der Waals surface area contributed by atoms with Crippen molar-refractivity contribution < 1.29 is 57.2 Å². The zero-order chi connectivity index (χ0) is 31.8. The van der Waals surface area contributed by atoms with Crippen LogP contribution in [0.4, 0.5) is 4.79 Å². The summed E-state index contributed by atoms with van der Waals surface area (Å²) in [4.78, 5) is 43.4. The lowest BCUT2D eigenvalue weighted by atomic mass is 10.0. The number of pyridine rings is 1. The molecule has 2 unspecified atom stereocenters. The summed E-state index contributed by atoms with van der Waals surface area (Å²) < 4.78 is 13.1. The van der Waals surface area contributed by atoms with Crippen LogP contribution in [-0.4, -0.2) is 48.7 Å². The van der Waals surface area contributed by atoms with Gasteiger partial charge in [-0.15, -0.1) is 0 Å². The highest BCUT2D eigenvalue weighted by Gasteiger charge is 2.30. The quantitative estimate of drug-likeness (QED) is 0.0734. The van der Waals surface area contributed by atoms with Gasteiger partial charge in [-0.3, -0.25) is 9.59 Å². The van der Waals surface area contributed by atoms with E-state index in [2.05, 4.69) is 12.4 Å². The van der Waals surface area contributed by atoms with E-state index >= 15 is 0 Å². The van der Waals surface area contributed by atoms with Crippen molar-refractivity contribution in [3.63, 3.8) is 0 Å². The van der Waals surface area contributed by atoms with Crippen molar-refractivity contribution in [1.29, 1.82) is 0 Å². The number of aromatic nitrogens is 1. The third kappa shape index (κ3) is 18.8. The number of hydrogen-bond donors (Lipinski definition) is 1. The van der Waals surface area contributed by atoms with Gasteiger partial charge in [-0.1, -0.05) is 103 Å². The number of halogens is 1. The van der Waals surface area contributed by atoms with Gasteiger partial charge >= 0.3 is 12.1 Å². The molecule has 10 heteroatoms. The highest BCUT2D eigenvalue weighted by atomic mass is 127. The number of rotatable bonds is 24. The molecule has 0 aliphatic carbocycles. The van der Waals surface area contributed by atoms with Gasteiger partial charge in [-0.05, 0) is 25.7 Å². The molecule has 1 aromatic heterocycles.